The molecular formula is C10H13BrClN. The molecule has 0 aliphatic carbocycles. The summed E-state index contributed by atoms with van der Waals surface area (Å²) in [5, 5.41) is 3.41. The van der Waals surface area contributed by atoms with Crippen LogP contribution < -0.4 is 5.32 Å². The Bertz CT molecular complexity index is 297. The molecule has 1 atom stereocenters. The highest BCUT2D eigenvalue weighted by molar-refractivity contribution is 9.10. The van der Waals surface area contributed by atoms with Crippen molar-refractivity contribution in [3.8, 4) is 0 Å². The van der Waals surface area contributed by atoms with Crippen LogP contribution in [0.15, 0.2) is 22.7 Å². The molecule has 1 aromatic rings. The third-order valence-corrected chi connectivity index (χ3v) is 2.93. The van der Waals surface area contributed by atoms with E-state index in [9.17, 15) is 0 Å². The van der Waals surface area contributed by atoms with Crippen molar-refractivity contribution in [1.82, 2.24) is 5.32 Å². The normalized spacial score (nSPS) is 20.3. The van der Waals surface area contributed by atoms with E-state index in [-0.39, 0.29) is 12.4 Å². The highest BCUT2D eigenvalue weighted by atomic mass is 79.9. The van der Waals surface area contributed by atoms with E-state index in [4.69, 9.17) is 0 Å². The number of benzene rings is 1. The fourth-order valence-corrected chi connectivity index (χ4v) is 1.92. The van der Waals surface area contributed by atoms with Gasteiger partial charge in [0.25, 0.3) is 0 Å². The Labute approximate surface area is 93.5 Å². The van der Waals surface area contributed by atoms with Crippen molar-refractivity contribution in [2.75, 3.05) is 6.54 Å². The fourth-order valence-electron chi connectivity index (χ4n) is 1.54. The first kappa shape index (κ1) is 11.0. The quantitative estimate of drug-likeness (QED) is 0.819. The molecular weight excluding hydrogens is 249 g/mol. The van der Waals surface area contributed by atoms with Gasteiger partial charge in [0, 0.05) is 10.5 Å². The molecule has 72 valence electrons. The minimum atomic E-state index is 0. The third-order valence-electron chi connectivity index (χ3n) is 2.44. The fraction of sp³-hybridized carbons (Fsp3) is 0.400. The van der Waals surface area contributed by atoms with E-state index >= 15 is 0 Å². The van der Waals surface area contributed by atoms with Crippen LogP contribution in [0.4, 0.5) is 0 Å². The first-order valence-electron chi connectivity index (χ1n) is 4.27. The van der Waals surface area contributed by atoms with Gasteiger partial charge in [-0.05, 0) is 43.1 Å². The molecule has 0 aromatic heterocycles. The first-order valence-corrected chi connectivity index (χ1v) is 5.06. The van der Waals surface area contributed by atoms with Crippen LogP contribution in [0.1, 0.15) is 23.6 Å². The molecule has 1 heterocycles. The number of halogens is 2. The highest BCUT2D eigenvalue weighted by Crippen LogP contribution is 2.27. The van der Waals surface area contributed by atoms with E-state index < -0.39 is 0 Å². The highest BCUT2D eigenvalue weighted by Gasteiger charge is 2.19. The lowest BCUT2D eigenvalue weighted by Gasteiger charge is -2.29. The van der Waals surface area contributed by atoms with Gasteiger partial charge in [-0.25, -0.2) is 0 Å². The predicted octanol–water partition coefficient (Wildman–Crippen LogP) is 3.21. The minimum Gasteiger partial charge on any atom is -0.310 e. The lowest BCUT2D eigenvalue weighted by molar-refractivity contribution is 0.382. The summed E-state index contributed by atoms with van der Waals surface area (Å²) in [5.41, 5.74) is 2.83. The second kappa shape index (κ2) is 4.45. The van der Waals surface area contributed by atoms with Crippen molar-refractivity contribution in [1.29, 1.82) is 0 Å². The first-order chi connectivity index (χ1) is 5.77. The molecule has 2 rings (SSSR count). The van der Waals surface area contributed by atoms with Gasteiger partial charge in [-0.3, -0.25) is 0 Å². The van der Waals surface area contributed by atoms with Crippen LogP contribution in [-0.2, 0) is 0 Å². The van der Waals surface area contributed by atoms with Crippen molar-refractivity contribution < 1.29 is 0 Å². The minimum absolute atomic E-state index is 0. The molecule has 0 radical (unpaired) electrons. The van der Waals surface area contributed by atoms with Crippen LogP contribution in [0.5, 0.6) is 0 Å². The monoisotopic (exact) mass is 261 g/mol. The molecule has 1 saturated heterocycles. The van der Waals surface area contributed by atoms with Crippen LogP contribution in [0.3, 0.4) is 0 Å². The predicted molar refractivity (Wildman–Crippen MR) is 61.5 cm³/mol. The molecule has 1 aliphatic rings. The lowest BCUT2D eigenvalue weighted by Crippen LogP contribution is -2.35. The van der Waals surface area contributed by atoms with Crippen LogP contribution in [0, 0.1) is 6.92 Å². The summed E-state index contributed by atoms with van der Waals surface area (Å²) in [6, 6.07) is 7.07. The summed E-state index contributed by atoms with van der Waals surface area (Å²) < 4.78 is 1.18. The zero-order chi connectivity index (χ0) is 8.55. The number of hydrogen-bond acceptors (Lipinski definition) is 1. The number of hydrogen-bond donors (Lipinski definition) is 1. The maximum Gasteiger partial charge on any atom is 0.0335 e. The van der Waals surface area contributed by atoms with Gasteiger partial charge in [-0.1, -0.05) is 22.0 Å². The molecule has 0 bridgehead atoms. The molecule has 0 unspecified atom stereocenters. The molecule has 1 nitrogen and oxygen atoms in total. The van der Waals surface area contributed by atoms with E-state index in [2.05, 4.69) is 46.4 Å². The summed E-state index contributed by atoms with van der Waals surface area (Å²) in [6.45, 7) is 3.33. The zero-order valence-corrected chi connectivity index (χ0v) is 9.91. The topological polar surface area (TPSA) is 12.0 Å². The van der Waals surface area contributed by atoms with Gasteiger partial charge in [0.05, 0.1) is 0 Å². The summed E-state index contributed by atoms with van der Waals surface area (Å²) in [6.07, 6.45) is 1.28. The average Bonchev–Trinajstić information content (AvgIpc) is 1.93. The van der Waals surface area contributed by atoms with Crippen molar-refractivity contribution in [2.24, 2.45) is 0 Å². The summed E-state index contributed by atoms with van der Waals surface area (Å²) in [4.78, 5) is 0. The standard InChI is InChI=1S/C10H12BrN.ClH/c1-7-2-3-8(11)6-9(7)10-4-5-12-10;/h2-3,6,10,12H,4-5H2,1H3;1H/t10-;/m1./s1. The van der Waals surface area contributed by atoms with Crippen LogP contribution >= 0.6 is 28.3 Å². The Hall–Kier alpha value is -0.0500. The van der Waals surface area contributed by atoms with Gasteiger partial charge in [-0.2, -0.15) is 0 Å². The van der Waals surface area contributed by atoms with Crippen LogP contribution in [-0.4, -0.2) is 6.54 Å². The van der Waals surface area contributed by atoms with Gasteiger partial charge in [0.15, 0.2) is 0 Å². The average molecular weight is 263 g/mol. The van der Waals surface area contributed by atoms with E-state index in [1.165, 1.54) is 22.0 Å². The second-order valence-electron chi connectivity index (χ2n) is 3.30. The van der Waals surface area contributed by atoms with E-state index in [1.807, 2.05) is 0 Å². The van der Waals surface area contributed by atoms with E-state index in [0.717, 1.165) is 6.54 Å². The Balaban J connectivity index is 0.000000845. The summed E-state index contributed by atoms with van der Waals surface area (Å²) in [7, 11) is 0. The van der Waals surface area contributed by atoms with Crippen molar-refractivity contribution >= 4 is 28.3 Å². The smallest absolute Gasteiger partial charge is 0.0335 e. The third kappa shape index (κ3) is 2.25. The Morgan fingerprint density at radius 2 is 2.15 bits per heavy atom. The van der Waals surface area contributed by atoms with Gasteiger partial charge < -0.3 is 5.32 Å². The largest absolute Gasteiger partial charge is 0.310 e. The Morgan fingerprint density at radius 1 is 1.46 bits per heavy atom. The molecule has 13 heavy (non-hydrogen) atoms. The second-order valence-corrected chi connectivity index (χ2v) is 4.21. The van der Waals surface area contributed by atoms with Crippen LogP contribution in [0.25, 0.3) is 0 Å². The molecule has 3 heteroatoms. The Kier molecular flexibility index (Phi) is 3.77. The van der Waals surface area contributed by atoms with Crippen molar-refractivity contribution in [3.05, 3.63) is 33.8 Å². The maximum absolute atomic E-state index is 3.49. The lowest BCUT2D eigenvalue weighted by atomic mass is 9.94. The summed E-state index contributed by atoms with van der Waals surface area (Å²) >= 11 is 3.49. The molecule has 0 amide bonds. The zero-order valence-electron chi connectivity index (χ0n) is 7.51. The molecule has 1 aliphatic heterocycles. The van der Waals surface area contributed by atoms with Crippen molar-refractivity contribution in [3.63, 3.8) is 0 Å². The van der Waals surface area contributed by atoms with Gasteiger partial charge in [0.2, 0.25) is 0 Å². The SMILES string of the molecule is Cc1ccc(Br)cc1[C@H]1CCN1.Cl. The number of rotatable bonds is 1. The molecule has 0 saturated carbocycles. The van der Waals surface area contributed by atoms with Crippen molar-refractivity contribution in [2.45, 2.75) is 19.4 Å². The molecule has 0 spiro atoms. The molecule has 1 N–H and O–H groups in total. The van der Waals surface area contributed by atoms with Crippen LogP contribution in [0.2, 0.25) is 0 Å². The van der Waals surface area contributed by atoms with Gasteiger partial charge in [-0.15, -0.1) is 12.4 Å². The maximum atomic E-state index is 3.49. The Morgan fingerprint density at radius 3 is 2.69 bits per heavy atom. The van der Waals surface area contributed by atoms with Gasteiger partial charge >= 0.3 is 0 Å². The summed E-state index contributed by atoms with van der Waals surface area (Å²) in [5.74, 6) is 0. The number of aryl methyl sites for hydroxylation is 1. The number of nitrogens with one attached hydrogen (secondary N) is 1. The van der Waals surface area contributed by atoms with E-state index in [0.29, 0.717) is 6.04 Å². The van der Waals surface area contributed by atoms with Gasteiger partial charge in [0.1, 0.15) is 0 Å². The van der Waals surface area contributed by atoms with E-state index in [1.54, 1.807) is 0 Å². The molecule has 1 aromatic carbocycles. The molecule has 1 fully saturated rings.